The zero-order valence-electron chi connectivity index (χ0n) is 15.4. The number of pyridine rings is 1. The first-order chi connectivity index (χ1) is 12.1. The molecule has 5 heteroatoms. The molecule has 2 aliphatic rings. The first-order valence-corrected chi connectivity index (χ1v) is 9.56. The summed E-state index contributed by atoms with van der Waals surface area (Å²) in [6.45, 7) is 3.49. The number of fused-ring (bicyclic) bond motifs is 1. The molecule has 2 fully saturated rings. The van der Waals surface area contributed by atoms with E-state index in [2.05, 4.69) is 4.98 Å². The van der Waals surface area contributed by atoms with Crippen molar-refractivity contribution < 1.29 is 9.59 Å². The molecule has 0 spiro atoms. The number of hydrogen-bond acceptors (Lipinski definition) is 3. The molecule has 3 rings (SSSR count). The summed E-state index contributed by atoms with van der Waals surface area (Å²) >= 11 is 0. The minimum absolute atomic E-state index is 0.0269. The molecule has 0 unspecified atom stereocenters. The van der Waals surface area contributed by atoms with Crippen molar-refractivity contribution in [2.24, 2.45) is 5.92 Å². The van der Waals surface area contributed by atoms with E-state index in [0.717, 1.165) is 63.7 Å². The molecule has 136 valence electrons. The molecule has 1 saturated heterocycles. The average molecular weight is 343 g/mol. The second kappa shape index (κ2) is 7.98. The molecule has 0 radical (unpaired) electrons. The van der Waals surface area contributed by atoms with Crippen LogP contribution in [-0.2, 0) is 4.79 Å². The summed E-state index contributed by atoms with van der Waals surface area (Å²) in [4.78, 5) is 34.2. The van der Waals surface area contributed by atoms with Crippen LogP contribution in [0.4, 0.5) is 0 Å². The average Bonchev–Trinajstić information content (AvgIpc) is 3.08. The molecule has 2 amide bonds. The Balaban J connectivity index is 1.86. The van der Waals surface area contributed by atoms with Crippen LogP contribution in [-0.4, -0.2) is 52.8 Å². The highest BCUT2D eigenvalue weighted by molar-refractivity contribution is 5.94. The van der Waals surface area contributed by atoms with Gasteiger partial charge < -0.3 is 9.80 Å². The van der Waals surface area contributed by atoms with E-state index < -0.39 is 0 Å². The quantitative estimate of drug-likeness (QED) is 0.787. The van der Waals surface area contributed by atoms with Crippen LogP contribution in [0.1, 0.15) is 61.0 Å². The molecule has 0 N–H and O–H groups in total. The highest BCUT2D eigenvalue weighted by Crippen LogP contribution is 2.33. The lowest BCUT2D eigenvalue weighted by atomic mass is 9.99. The van der Waals surface area contributed by atoms with E-state index in [1.54, 1.807) is 6.20 Å². The van der Waals surface area contributed by atoms with E-state index in [9.17, 15) is 9.59 Å². The van der Waals surface area contributed by atoms with Crippen molar-refractivity contribution in [1.29, 1.82) is 0 Å². The van der Waals surface area contributed by atoms with E-state index in [0.29, 0.717) is 5.56 Å². The van der Waals surface area contributed by atoms with Crippen molar-refractivity contribution in [2.45, 2.75) is 57.9 Å². The maximum atomic E-state index is 13.2. The lowest BCUT2D eigenvalue weighted by Gasteiger charge is -2.34. The summed E-state index contributed by atoms with van der Waals surface area (Å²) in [7, 11) is 1.91. The van der Waals surface area contributed by atoms with Crippen LogP contribution in [0.3, 0.4) is 0 Å². The molecule has 1 aliphatic heterocycles. The molecular weight excluding hydrogens is 314 g/mol. The standard InChI is InChI=1S/C20H29N3O2/c1-15-10-11-16(14-21-15)19(24)23-13-6-4-3-5-12-22(2)20(25)17-8-7-9-18(17)23/h10-11,14,17-18H,3-9,12-13H2,1-2H3/t17-,18+/m1/s1. The second-order valence-electron chi connectivity index (χ2n) is 7.47. The van der Waals surface area contributed by atoms with Gasteiger partial charge >= 0.3 is 0 Å². The Morgan fingerprint density at radius 3 is 2.56 bits per heavy atom. The third-order valence-corrected chi connectivity index (χ3v) is 5.63. The van der Waals surface area contributed by atoms with E-state index in [-0.39, 0.29) is 23.8 Å². The van der Waals surface area contributed by atoms with Crippen LogP contribution in [0, 0.1) is 12.8 Å². The lowest BCUT2D eigenvalue weighted by molar-refractivity contribution is -0.135. The number of rotatable bonds is 1. The Morgan fingerprint density at radius 1 is 1.08 bits per heavy atom. The monoisotopic (exact) mass is 343 g/mol. The number of hydrogen-bond donors (Lipinski definition) is 0. The van der Waals surface area contributed by atoms with Gasteiger partial charge in [-0.25, -0.2) is 0 Å². The Hall–Kier alpha value is -1.91. The van der Waals surface area contributed by atoms with Crippen molar-refractivity contribution in [3.05, 3.63) is 29.6 Å². The van der Waals surface area contributed by atoms with Crippen molar-refractivity contribution in [1.82, 2.24) is 14.8 Å². The SMILES string of the molecule is Cc1ccc(C(=O)N2CCCCCCN(C)C(=O)[C@@H]3CCC[C@@H]32)cn1. The largest absolute Gasteiger partial charge is 0.345 e. The first-order valence-electron chi connectivity index (χ1n) is 9.56. The van der Waals surface area contributed by atoms with Crippen molar-refractivity contribution in [3.63, 3.8) is 0 Å². The minimum Gasteiger partial charge on any atom is -0.345 e. The van der Waals surface area contributed by atoms with Gasteiger partial charge in [-0.3, -0.25) is 14.6 Å². The fourth-order valence-electron chi connectivity index (χ4n) is 4.16. The van der Waals surface area contributed by atoms with Gasteiger partial charge in [0, 0.05) is 38.1 Å². The maximum absolute atomic E-state index is 13.2. The van der Waals surface area contributed by atoms with E-state index >= 15 is 0 Å². The number of aryl methyl sites for hydroxylation is 1. The summed E-state index contributed by atoms with van der Waals surface area (Å²) in [5.41, 5.74) is 1.54. The molecule has 1 aliphatic carbocycles. The minimum atomic E-state index is -0.0505. The summed E-state index contributed by atoms with van der Waals surface area (Å²) in [5.74, 6) is 0.189. The molecule has 1 aromatic heterocycles. The lowest BCUT2D eigenvalue weighted by Crippen LogP contribution is -2.47. The Labute approximate surface area is 150 Å². The summed E-state index contributed by atoms with van der Waals surface area (Å²) in [6.07, 6.45) is 8.78. The van der Waals surface area contributed by atoms with E-state index in [1.165, 1.54) is 0 Å². The molecule has 25 heavy (non-hydrogen) atoms. The van der Waals surface area contributed by atoms with Crippen LogP contribution in [0.5, 0.6) is 0 Å². The number of carbonyl (C=O) groups is 2. The van der Waals surface area contributed by atoms with Crippen LogP contribution in [0.15, 0.2) is 18.3 Å². The molecule has 5 nitrogen and oxygen atoms in total. The van der Waals surface area contributed by atoms with Gasteiger partial charge in [0.05, 0.1) is 11.5 Å². The van der Waals surface area contributed by atoms with Crippen LogP contribution >= 0.6 is 0 Å². The second-order valence-corrected chi connectivity index (χ2v) is 7.47. The van der Waals surface area contributed by atoms with Crippen molar-refractivity contribution in [2.75, 3.05) is 20.1 Å². The maximum Gasteiger partial charge on any atom is 0.255 e. The predicted molar refractivity (Wildman–Crippen MR) is 97.2 cm³/mol. The normalized spacial score (nSPS) is 25.4. The van der Waals surface area contributed by atoms with Gasteiger partial charge in [0.15, 0.2) is 0 Å². The molecule has 1 saturated carbocycles. The number of carbonyl (C=O) groups excluding carboxylic acids is 2. The van der Waals surface area contributed by atoms with Crippen molar-refractivity contribution >= 4 is 11.8 Å². The first kappa shape index (κ1) is 17.9. The van der Waals surface area contributed by atoms with Gasteiger partial charge in [-0.05, 0) is 44.7 Å². The third-order valence-electron chi connectivity index (χ3n) is 5.63. The topological polar surface area (TPSA) is 53.5 Å². The number of aromatic nitrogens is 1. The van der Waals surface area contributed by atoms with Crippen LogP contribution in [0.2, 0.25) is 0 Å². The van der Waals surface area contributed by atoms with Gasteiger partial charge in [0.2, 0.25) is 5.91 Å². The van der Waals surface area contributed by atoms with Crippen LogP contribution in [0.25, 0.3) is 0 Å². The Bertz CT molecular complexity index is 614. The zero-order valence-corrected chi connectivity index (χ0v) is 15.4. The fourth-order valence-corrected chi connectivity index (χ4v) is 4.16. The number of amides is 2. The van der Waals surface area contributed by atoms with Gasteiger partial charge in [-0.15, -0.1) is 0 Å². The zero-order chi connectivity index (χ0) is 17.8. The molecule has 0 aromatic carbocycles. The summed E-state index contributed by atoms with van der Waals surface area (Å²) in [6, 6.07) is 3.76. The number of nitrogens with zero attached hydrogens (tertiary/aromatic N) is 3. The molecule has 1 aromatic rings. The van der Waals surface area contributed by atoms with E-state index in [4.69, 9.17) is 0 Å². The highest BCUT2D eigenvalue weighted by atomic mass is 16.2. The summed E-state index contributed by atoms with van der Waals surface area (Å²) in [5, 5.41) is 0. The van der Waals surface area contributed by atoms with Gasteiger partial charge in [0.1, 0.15) is 0 Å². The van der Waals surface area contributed by atoms with Crippen molar-refractivity contribution in [3.8, 4) is 0 Å². The van der Waals surface area contributed by atoms with Gasteiger partial charge in [-0.2, -0.15) is 0 Å². The van der Waals surface area contributed by atoms with Gasteiger partial charge in [0.25, 0.3) is 5.91 Å². The fraction of sp³-hybridized carbons (Fsp3) is 0.650. The molecule has 2 atom stereocenters. The van der Waals surface area contributed by atoms with Gasteiger partial charge in [-0.1, -0.05) is 19.3 Å². The predicted octanol–water partition coefficient (Wildman–Crippen LogP) is 3.03. The Morgan fingerprint density at radius 2 is 1.84 bits per heavy atom. The van der Waals surface area contributed by atoms with Crippen LogP contribution < -0.4 is 0 Å². The Kier molecular flexibility index (Phi) is 5.71. The smallest absolute Gasteiger partial charge is 0.255 e. The van der Waals surface area contributed by atoms with E-state index in [1.807, 2.05) is 35.9 Å². The molecular formula is C20H29N3O2. The highest BCUT2D eigenvalue weighted by Gasteiger charge is 2.40. The molecule has 2 heterocycles. The summed E-state index contributed by atoms with van der Waals surface area (Å²) < 4.78 is 0. The molecule has 0 bridgehead atoms. The third kappa shape index (κ3) is 4.02.